The molecule has 4 rings (SSSR count). The summed E-state index contributed by atoms with van der Waals surface area (Å²) in [6.07, 6.45) is 1.67. The zero-order chi connectivity index (χ0) is 18.6. The average Bonchev–Trinajstić information content (AvgIpc) is 3.10. The van der Waals surface area contributed by atoms with Crippen molar-refractivity contribution >= 4 is 45.2 Å². The van der Waals surface area contributed by atoms with Crippen molar-refractivity contribution in [2.75, 3.05) is 0 Å². The van der Waals surface area contributed by atoms with Gasteiger partial charge in [-0.15, -0.1) is 0 Å². The standard InChI is InChI=1S/C19H14ClN3O3/c1-10(24)23-16-8-12(20)4-5-13(16)17(19(23)26)18(25)11-3-6-15-14(7-11)21-9-22(15)2/h3-9,26H,1-2H3. The van der Waals surface area contributed by atoms with Gasteiger partial charge in [0.1, 0.15) is 0 Å². The van der Waals surface area contributed by atoms with Gasteiger partial charge in [0.05, 0.1) is 28.4 Å². The molecule has 2 aromatic carbocycles. The van der Waals surface area contributed by atoms with Gasteiger partial charge in [0.2, 0.25) is 11.8 Å². The molecule has 0 fully saturated rings. The number of rotatable bonds is 2. The number of aromatic nitrogens is 3. The van der Waals surface area contributed by atoms with Crippen LogP contribution in [0.15, 0.2) is 42.7 Å². The van der Waals surface area contributed by atoms with E-state index in [1.165, 1.54) is 6.92 Å². The molecule has 0 radical (unpaired) electrons. The molecule has 6 nitrogen and oxygen atoms in total. The molecule has 0 atom stereocenters. The number of ketones is 1. The number of carbonyl (C=O) groups is 2. The van der Waals surface area contributed by atoms with Crippen LogP contribution < -0.4 is 0 Å². The molecule has 2 aromatic heterocycles. The Balaban J connectivity index is 1.96. The van der Waals surface area contributed by atoms with Gasteiger partial charge in [-0.25, -0.2) is 9.55 Å². The number of nitrogens with zero attached hydrogens (tertiary/aromatic N) is 3. The molecule has 4 aromatic rings. The van der Waals surface area contributed by atoms with Gasteiger partial charge >= 0.3 is 0 Å². The van der Waals surface area contributed by atoms with Crippen molar-refractivity contribution in [2.45, 2.75) is 6.92 Å². The lowest BCUT2D eigenvalue weighted by molar-refractivity contribution is 0.0933. The first-order valence-electron chi connectivity index (χ1n) is 7.88. The highest BCUT2D eigenvalue weighted by Gasteiger charge is 2.25. The van der Waals surface area contributed by atoms with Crippen molar-refractivity contribution in [3.05, 3.63) is 58.9 Å². The van der Waals surface area contributed by atoms with Crippen LogP contribution in [0, 0.1) is 0 Å². The summed E-state index contributed by atoms with van der Waals surface area (Å²) < 4.78 is 2.94. The predicted molar refractivity (Wildman–Crippen MR) is 99.1 cm³/mol. The van der Waals surface area contributed by atoms with E-state index in [2.05, 4.69) is 4.98 Å². The Morgan fingerprint density at radius 1 is 1.12 bits per heavy atom. The summed E-state index contributed by atoms with van der Waals surface area (Å²) in [5.41, 5.74) is 2.41. The van der Waals surface area contributed by atoms with E-state index in [1.807, 2.05) is 11.6 Å². The summed E-state index contributed by atoms with van der Waals surface area (Å²) in [6, 6.07) is 9.95. The Hall–Kier alpha value is -3.12. The van der Waals surface area contributed by atoms with Crippen molar-refractivity contribution in [1.29, 1.82) is 0 Å². The van der Waals surface area contributed by atoms with E-state index >= 15 is 0 Å². The van der Waals surface area contributed by atoms with Crippen LogP contribution >= 0.6 is 11.6 Å². The monoisotopic (exact) mass is 367 g/mol. The first-order chi connectivity index (χ1) is 12.4. The number of fused-ring (bicyclic) bond motifs is 2. The van der Waals surface area contributed by atoms with Crippen molar-refractivity contribution in [1.82, 2.24) is 14.1 Å². The lowest BCUT2D eigenvalue weighted by Crippen LogP contribution is -2.06. The molecule has 2 heterocycles. The molecule has 1 N–H and O–H groups in total. The Bertz CT molecular complexity index is 1220. The minimum Gasteiger partial charge on any atom is -0.494 e. The zero-order valence-electron chi connectivity index (χ0n) is 14.0. The van der Waals surface area contributed by atoms with Crippen LogP contribution in [-0.4, -0.2) is 30.9 Å². The molecule has 0 spiro atoms. The van der Waals surface area contributed by atoms with Gasteiger partial charge < -0.3 is 9.67 Å². The normalized spacial score (nSPS) is 11.3. The molecule has 0 saturated carbocycles. The third kappa shape index (κ3) is 2.30. The molecule has 0 aliphatic rings. The average molecular weight is 368 g/mol. The summed E-state index contributed by atoms with van der Waals surface area (Å²) in [7, 11) is 1.87. The first-order valence-corrected chi connectivity index (χ1v) is 8.26. The van der Waals surface area contributed by atoms with Gasteiger partial charge in [-0.3, -0.25) is 9.59 Å². The molecule has 7 heteroatoms. The number of hydrogen-bond acceptors (Lipinski definition) is 4. The van der Waals surface area contributed by atoms with E-state index in [-0.39, 0.29) is 17.2 Å². The van der Waals surface area contributed by atoms with Gasteiger partial charge in [-0.1, -0.05) is 17.7 Å². The second-order valence-electron chi connectivity index (χ2n) is 6.10. The Labute approximate surface area is 153 Å². The number of carbonyl (C=O) groups excluding carboxylic acids is 2. The summed E-state index contributed by atoms with van der Waals surface area (Å²) in [4.78, 5) is 29.3. The summed E-state index contributed by atoms with van der Waals surface area (Å²) >= 11 is 6.02. The molecule has 0 amide bonds. The van der Waals surface area contributed by atoms with E-state index in [0.717, 1.165) is 10.1 Å². The molecular formula is C19H14ClN3O3. The fourth-order valence-electron chi connectivity index (χ4n) is 3.21. The van der Waals surface area contributed by atoms with Crippen LogP contribution in [0.25, 0.3) is 21.9 Å². The third-order valence-electron chi connectivity index (χ3n) is 4.44. The maximum Gasteiger partial charge on any atom is 0.230 e. The molecule has 0 aliphatic carbocycles. The van der Waals surface area contributed by atoms with E-state index in [9.17, 15) is 14.7 Å². The first kappa shape index (κ1) is 16.4. The SMILES string of the molecule is CC(=O)n1c(O)c(C(=O)c2ccc3c(c2)ncn3C)c2ccc(Cl)cc21. The summed E-state index contributed by atoms with van der Waals surface area (Å²) in [6.45, 7) is 1.31. The highest BCUT2D eigenvalue weighted by atomic mass is 35.5. The molecule has 0 unspecified atom stereocenters. The van der Waals surface area contributed by atoms with E-state index in [0.29, 0.717) is 27.0 Å². The second-order valence-corrected chi connectivity index (χ2v) is 6.54. The maximum absolute atomic E-state index is 13.1. The molecule has 0 bridgehead atoms. The van der Waals surface area contributed by atoms with Crippen LogP contribution in [0.2, 0.25) is 5.02 Å². The van der Waals surface area contributed by atoms with Crippen LogP contribution in [0.1, 0.15) is 27.6 Å². The van der Waals surface area contributed by atoms with Crippen molar-refractivity contribution in [2.24, 2.45) is 7.05 Å². The maximum atomic E-state index is 13.1. The number of hydrogen-bond donors (Lipinski definition) is 1. The molecule has 130 valence electrons. The minimum atomic E-state index is -0.408. The lowest BCUT2D eigenvalue weighted by Gasteiger charge is -2.03. The lowest BCUT2D eigenvalue weighted by atomic mass is 10.0. The van der Waals surface area contributed by atoms with E-state index < -0.39 is 5.91 Å². The smallest absolute Gasteiger partial charge is 0.230 e. The van der Waals surface area contributed by atoms with Crippen molar-refractivity contribution in [3.8, 4) is 5.88 Å². The molecular weight excluding hydrogens is 354 g/mol. The molecule has 0 aliphatic heterocycles. The van der Waals surface area contributed by atoms with Gasteiger partial charge in [0.15, 0.2) is 5.78 Å². The highest BCUT2D eigenvalue weighted by molar-refractivity contribution is 6.31. The number of halogens is 1. The zero-order valence-corrected chi connectivity index (χ0v) is 14.8. The van der Waals surface area contributed by atoms with Crippen LogP contribution in [0.4, 0.5) is 0 Å². The molecule has 26 heavy (non-hydrogen) atoms. The fourth-order valence-corrected chi connectivity index (χ4v) is 3.38. The Morgan fingerprint density at radius 2 is 1.88 bits per heavy atom. The highest BCUT2D eigenvalue weighted by Crippen LogP contribution is 2.35. The largest absolute Gasteiger partial charge is 0.494 e. The second kappa shape index (κ2) is 5.71. The fraction of sp³-hybridized carbons (Fsp3) is 0.105. The van der Waals surface area contributed by atoms with Crippen molar-refractivity contribution < 1.29 is 14.7 Å². The topological polar surface area (TPSA) is 77.1 Å². The Morgan fingerprint density at radius 3 is 2.62 bits per heavy atom. The third-order valence-corrected chi connectivity index (χ3v) is 4.67. The van der Waals surface area contributed by atoms with Crippen molar-refractivity contribution in [3.63, 3.8) is 0 Å². The number of aryl methyl sites for hydroxylation is 1. The summed E-state index contributed by atoms with van der Waals surface area (Å²) in [5.74, 6) is -1.18. The summed E-state index contributed by atoms with van der Waals surface area (Å²) in [5, 5.41) is 11.5. The van der Waals surface area contributed by atoms with Gasteiger partial charge in [-0.2, -0.15) is 0 Å². The van der Waals surface area contributed by atoms with E-state index in [4.69, 9.17) is 11.6 Å². The number of aromatic hydroxyl groups is 1. The van der Waals surface area contributed by atoms with Crippen LogP contribution in [0.3, 0.4) is 0 Å². The minimum absolute atomic E-state index is 0.0714. The van der Waals surface area contributed by atoms with Crippen LogP contribution in [0.5, 0.6) is 5.88 Å². The molecule has 0 saturated heterocycles. The predicted octanol–water partition coefficient (Wildman–Crippen LogP) is 3.78. The number of imidazole rings is 1. The quantitative estimate of drug-likeness (QED) is 0.547. The van der Waals surface area contributed by atoms with Gasteiger partial charge in [0.25, 0.3) is 0 Å². The van der Waals surface area contributed by atoms with Crippen LogP contribution in [-0.2, 0) is 7.05 Å². The van der Waals surface area contributed by atoms with E-state index in [1.54, 1.807) is 42.7 Å². The van der Waals surface area contributed by atoms with Gasteiger partial charge in [-0.05, 0) is 30.3 Å². The van der Waals surface area contributed by atoms with Gasteiger partial charge in [0, 0.05) is 29.9 Å². The Kier molecular flexibility index (Phi) is 3.59. The number of benzene rings is 2.